The fraction of sp³-hybridized carbons (Fsp3) is 0.800. The van der Waals surface area contributed by atoms with Gasteiger partial charge in [0.1, 0.15) is 5.75 Å². The molecule has 0 radical (unpaired) electrons. The number of hydrogen-bond donors (Lipinski definition) is 2. The Morgan fingerprint density at radius 2 is 1.76 bits per heavy atom. The number of nitrogens with one attached hydrogen (secondary N) is 1. The van der Waals surface area contributed by atoms with Crippen molar-refractivity contribution < 1.29 is 23.1 Å². The van der Waals surface area contributed by atoms with Crippen LogP contribution >= 0.6 is 0 Å². The summed E-state index contributed by atoms with van der Waals surface area (Å²) in [6.07, 6.45) is 0. The minimum atomic E-state index is -3.41. The molecule has 0 saturated carbocycles. The Morgan fingerprint density at radius 1 is 1.24 bits per heavy atom. The number of carboxylic acid groups (broad SMARTS) is 1. The Hall–Kier alpha value is -1.11. The Bertz CT molecular complexity index is 374. The molecule has 1 amide bonds. The summed E-state index contributed by atoms with van der Waals surface area (Å²) in [5, 5.41) is 10.9. The first-order chi connectivity index (χ1) is 7.64. The van der Waals surface area contributed by atoms with E-state index in [1.165, 1.54) is 6.92 Å². The van der Waals surface area contributed by atoms with E-state index in [0.717, 1.165) is 0 Å². The highest BCUT2D eigenvalue weighted by molar-refractivity contribution is 7.92. The lowest BCUT2D eigenvalue weighted by atomic mass is 10.2. The molecule has 0 rings (SSSR count). The van der Waals surface area contributed by atoms with Crippen LogP contribution in [0.3, 0.4) is 0 Å². The van der Waals surface area contributed by atoms with Gasteiger partial charge in [-0.25, -0.2) is 8.42 Å². The van der Waals surface area contributed by atoms with Crippen molar-refractivity contribution in [2.24, 2.45) is 11.8 Å². The van der Waals surface area contributed by atoms with Crippen LogP contribution in [0.15, 0.2) is 0 Å². The molecule has 0 spiro atoms. The summed E-state index contributed by atoms with van der Waals surface area (Å²) in [5.74, 6) is -3.08. The summed E-state index contributed by atoms with van der Waals surface area (Å²) >= 11 is 0. The van der Waals surface area contributed by atoms with Crippen LogP contribution in [0, 0.1) is 11.8 Å². The molecule has 0 aliphatic rings. The summed E-state index contributed by atoms with van der Waals surface area (Å²) in [5.41, 5.74) is 0. The average molecular weight is 265 g/mol. The smallest absolute Gasteiger partial charge is 0.308 e. The number of amides is 1. The standard InChI is InChI=1S/C10H19NO5S/c1-7(2)5-17(15,16)6-9(12)11-4-8(3)10(13)14/h7-8H,4-6H2,1-3H3,(H,11,12)(H,13,14). The second-order valence-corrected chi connectivity index (χ2v) is 6.60. The fourth-order valence-corrected chi connectivity index (χ4v) is 2.81. The summed E-state index contributed by atoms with van der Waals surface area (Å²) in [4.78, 5) is 21.8. The predicted octanol–water partition coefficient (Wildman–Crippen LogP) is -0.106. The van der Waals surface area contributed by atoms with E-state index in [-0.39, 0.29) is 18.2 Å². The number of carbonyl (C=O) groups excluding carboxylic acids is 1. The van der Waals surface area contributed by atoms with Crippen LogP contribution in [0.1, 0.15) is 20.8 Å². The van der Waals surface area contributed by atoms with Gasteiger partial charge < -0.3 is 10.4 Å². The molecule has 0 aliphatic heterocycles. The van der Waals surface area contributed by atoms with E-state index in [9.17, 15) is 18.0 Å². The zero-order valence-electron chi connectivity index (χ0n) is 10.3. The van der Waals surface area contributed by atoms with Gasteiger partial charge in [0, 0.05) is 6.54 Å². The van der Waals surface area contributed by atoms with Crippen LogP contribution in [0.2, 0.25) is 0 Å². The molecular weight excluding hydrogens is 246 g/mol. The van der Waals surface area contributed by atoms with Crippen molar-refractivity contribution >= 4 is 21.7 Å². The lowest BCUT2D eigenvalue weighted by Gasteiger charge is -2.09. The molecule has 100 valence electrons. The molecular formula is C10H19NO5S. The van der Waals surface area contributed by atoms with Crippen molar-refractivity contribution in [1.82, 2.24) is 5.32 Å². The molecule has 7 heteroatoms. The molecule has 0 aromatic carbocycles. The largest absolute Gasteiger partial charge is 0.481 e. The number of carbonyl (C=O) groups is 2. The lowest BCUT2D eigenvalue weighted by molar-refractivity contribution is -0.141. The third-order valence-electron chi connectivity index (χ3n) is 1.97. The average Bonchev–Trinajstić information content (AvgIpc) is 2.10. The third-order valence-corrected chi connectivity index (χ3v) is 3.84. The van der Waals surface area contributed by atoms with Gasteiger partial charge in [-0.15, -0.1) is 0 Å². The van der Waals surface area contributed by atoms with Crippen molar-refractivity contribution in [2.45, 2.75) is 20.8 Å². The maximum atomic E-state index is 11.5. The second-order valence-electron chi connectivity index (χ2n) is 4.49. The highest BCUT2D eigenvalue weighted by atomic mass is 32.2. The van der Waals surface area contributed by atoms with Gasteiger partial charge in [-0.3, -0.25) is 9.59 Å². The summed E-state index contributed by atoms with van der Waals surface area (Å²) in [6.45, 7) is 4.88. The molecule has 0 saturated heterocycles. The van der Waals surface area contributed by atoms with Crippen LogP contribution in [-0.2, 0) is 19.4 Å². The van der Waals surface area contributed by atoms with E-state index < -0.39 is 33.4 Å². The number of hydrogen-bond acceptors (Lipinski definition) is 4. The molecule has 0 aliphatic carbocycles. The molecule has 0 heterocycles. The van der Waals surface area contributed by atoms with Crippen molar-refractivity contribution in [3.05, 3.63) is 0 Å². The van der Waals surface area contributed by atoms with Gasteiger partial charge in [0.05, 0.1) is 11.7 Å². The highest BCUT2D eigenvalue weighted by Crippen LogP contribution is 2.00. The zero-order valence-corrected chi connectivity index (χ0v) is 11.1. The van der Waals surface area contributed by atoms with Gasteiger partial charge in [-0.05, 0) is 5.92 Å². The van der Waals surface area contributed by atoms with E-state index in [4.69, 9.17) is 5.11 Å². The van der Waals surface area contributed by atoms with Crippen LogP contribution in [0.5, 0.6) is 0 Å². The van der Waals surface area contributed by atoms with Gasteiger partial charge in [0.15, 0.2) is 9.84 Å². The molecule has 2 N–H and O–H groups in total. The number of rotatable bonds is 7. The quantitative estimate of drug-likeness (QED) is 0.669. The van der Waals surface area contributed by atoms with Crippen molar-refractivity contribution in [3.8, 4) is 0 Å². The normalized spacial score (nSPS) is 13.4. The topological polar surface area (TPSA) is 101 Å². The Kier molecular flexibility index (Phi) is 6.15. The predicted molar refractivity (Wildman–Crippen MR) is 63.3 cm³/mol. The molecule has 1 atom stereocenters. The number of carboxylic acids is 1. The SMILES string of the molecule is CC(C)CS(=O)(=O)CC(=O)NCC(C)C(=O)O. The van der Waals surface area contributed by atoms with E-state index in [1.807, 2.05) is 0 Å². The zero-order chi connectivity index (χ0) is 13.6. The van der Waals surface area contributed by atoms with E-state index in [0.29, 0.717) is 0 Å². The second kappa shape index (κ2) is 6.58. The fourth-order valence-electron chi connectivity index (χ4n) is 1.17. The van der Waals surface area contributed by atoms with Crippen LogP contribution in [0.4, 0.5) is 0 Å². The van der Waals surface area contributed by atoms with E-state index >= 15 is 0 Å². The third kappa shape index (κ3) is 7.73. The monoisotopic (exact) mass is 265 g/mol. The van der Waals surface area contributed by atoms with Gasteiger partial charge >= 0.3 is 5.97 Å². The van der Waals surface area contributed by atoms with Gasteiger partial charge in [0.2, 0.25) is 5.91 Å². The molecule has 0 aromatic rings. The maximum absolute atomic E-state index is 11.5. The number of aliphatic carboxylic acids is 1. The summed E-state index contributed by atoms with van der Waals surface area (Å²) in [7, 11) is -3.41. The van der Waals surface area contributed by atoms with Crippen molar-refractivity contribution in [2.75, 3.05) is 18.1 Å². The van der Waals surface area contributed by atoms with Crippen LogP contribution in [-0.4, -0.2) is 43.5 Å². The van der Waals surface area contributed by atoms with Crippen LogP contribution in [0.25, 0.3) is 0 Å². The first kappa shape index (κ1) is 15.9. The van der Waals surface area contributed by atoms with Crippen molar-refractivity contribution in [1.29, 1.82) is 0 Å². The van der Waals surface area contributed by atoms with E-state index in [2.05, 4.69) is 5.32 Å². The van der Waals surface area contributed by atoms with Crippen molar-refractivity contribution in [3.63, 3.8) is 0 Å². The number of sulfone groups is 1. The van der Waals surface area contributed by atoms with Gasteiger partial charge in [-0.1, -0.05) is 20.8 Å². The lowest BCUT2D eigenvalue weighted by Crippen LogP contribution is -2.36. The summed E-state index contributed by atoms with van der Waals surface area (Å²) < 4.78 is 22.9. The molecule has 0 aromatic heterocycles. The maximum Gasteiger partial charge on any atom is 0.308 e. The molecule has 0 bridgehead atoms. The van der Waals surface area contributed by atoms with Gasteiger partial charge in [-0.2, -0.15) is 0 Å². The summed E-state index contributed by atoms with van der Waals surface area (Å²) in [6, 6.07) is 0. The first-order valence-corrected chi connectivity index (χ1v) is 7.16. The Morgan fingerprint density at radius 3 is 2.18 bits per heavy atom. The highest BCUT2D eigenvalue weighted by Gasteiger charge is 2.19. The van der Waals surface area contributed by atoms with E-state index in [1.54, 1.807) is 13.8 Å². The molecule has 6 nitrogen and oxygen atoms in total. The van der Waals surface area contributed by atoms with Gasteiger partial charge in [0.25, 0.3) is 0 Å². The minimum Gasteiger partial charge on any atom is -0.481 e. The Labute approximate surface area is 101 Å². The van der Waals surface area contributed by atoms with Crippen LogP contribution < -0.4 is 5.32 Å². The molecule has 0 fully saturated rings. The molecule has 17 heavy (non-hydrogen) atoms. The first-order valence-electron chi connectivity index (χ1n) is 5.34. The Balaban J connectivity index is 4.15. The minimum absolute atomic E-state index is 0.0363. The molecule has 1 unspecified atom stereocenters.